The fraction of sp³-hybridized carbons (Fsp3) is 1.00. The van der Waals surface area contributed by atoms with Crippen molar-refractivity contribution in [1.82, 2.24) is 9.80 Å². The molecular formula is C21H42N2. The van der Waals surface area contributed by atoms with Crippen molar-refractivity contribution in [2.45, 2.75) is 98.8 Å². The van der Waals surface area contributed by atoms with E-state index in [0.717, 1.165) is 47.8 Å². The number of nitrogens with zero attached hydrogens (tertiary/aromatic N) is 2. The number of hydrogen-bond acceptors (Lipinski definition) is 2. The van der Waals surface area contributed by atoms with Crippen molar-refractivity contribution in [2.24, 2.45) is 23.7 Å². The molecule has 1 saturated carbocycles. The maximum absolute atomic E-state index is 2.71. The van der Waals surface area contributed by atoms with E-state index in [1.165, 1.54) is 32.4 Å². The molecule has 0 radical (unpaired) electrons. The maximum Gasteiger partial charge on any atom is 0.0152 e. The van der Waals surface area contributed by atoms with E-state index in [-0.39, 0.29) is 0 Å². The summed E-state index contributed by atoms with van der Waals surface area (Å²) in [5.41, 5.74) is 0. The summed E-state index contributed by atoms with van der Waals surface area (Å²) < 4.78 is 0. The molecule has 2 aliphatic heterocycles. The summed E-state index contributed by atoms with van der Waals surface area (Å²) >= 11 is 0. The van der Waals surface area contributed by atoms with E-state index in [0.29, 0.717) is 0 Å². The third-order valence-electron chi connectivity index (χ3n) is 6.37. The van der Waals surface area contributed by atoms with Crippen molar-refractivity contribution >= 4 is 0 Å². The van der Waals surface area contributed by atoms with Gasteiger partial charge in [0.05, 0.1) is 0 Å². The third-order valence-corrected chi connectivity index (χ3v) is 6.37. The molecule has 2 heteroatoms. The van der Waals surface area contributed by atoms with Crippen LogP contribution in [0.2, 0.25) is 0 Å². The summed E-state index contributed by atoms with van der Waals surface area (Å²) in [6.07, 6.45) is 4.34. The predicted molar refractivity (Wildman–Crippen MR) is 102 cm³/mol. The highest BCUT2D eigenvalue weighted by Gasteiger charge is 2.53. The van der Waals surface area contributed by atoms with Crippen LogP contribution in [0.15, 0.2) is 0 Å². The Bertz CT molecular complexity index is 347. The molecule has 23 heavy (non-hydrogen) atoms. The van der Waals surface area contributed by atoms with Crippen molar-refractivity contribution in [3.05, 3.63) is 0 Å². The van der Waals surface area contributed by atoms with Gasteiger partial charge in [-0.2, -0.15) is 0 Å². The van der Waals surface area contributed by atoms with Crippen LogP contribution in [0.4, 0.5) is 0 Å². The Labute approximate surface area is 146 Å². The van der Waals surface area contributed by atoms with Crippen molar-refractivity contribution in [1.29, 1.82) is 0 Å². The Balaban J connectivity index is 0.000000168. The lowest BCUT2D eigenvalue weighted by Crippen LogP contribution is -2.41. The fourth-order valence-electron chi connectivity index (χ4n) is 5.14. The fourth-order valence-corrected chi connectivity index (χ4v) is 5.14. The third kappa shape index (κ3) is 4.51. The van der Waals surface area contributed by atoms with Crippen LogP contribution in [0.25, 0.3) is 0 Å². The van der Waals surface area contributed by atoms with Gasteiger partial charge in [-0.3, -0.25) is 9.80 Å². The molecule has 0 bridgehead atoms. The van der Waals surface area contributed by atoms with Crippen LogP contribution in [-0.4, -0.2) is 47.1 Å². The van der Waals surface area contributed by atoms with Gasteiger partial charge in [-0.25, -0.2) is 0 Å². The smallest absolute Gasteiger partial charge is 0.0152 e. The van der Waals surface area contributed by atoms with Gasteiger partial charge in [-0.15, -0.1) is 0 Å². The van der Waals surface area contributed by atoms with Crippen LogP contribution in [-0.2, 0) is 0 Å². The maximum atomic E-state index is 2.71. The quantitative estimate of drug-likeness (QED) is 0.727. The molecule has 3 rings (SSSR count). The molecule has 0 aromatic rings. The Hall–Kier alpha value is -0.0800. The van der Waals surface area contributed by atoms with Gasteiger partial charge in [-0.1, -0.05) is 27.7 Å². The Morgan fingerprint density at radius 2 is 1.39 bits per heavy atom. The summed E-state index contributed by atoms with van der Waals surface area (Å²) in [6, 6.07) is 3.25. The summed E-state index contributed by atoms with van der Waals surface area (Å²) in [7, 11) is 0. The first-order chi connectivity index (χ1) is 10.7. The van der Waals surface area contributed by atoms with Crippen LogP contribution >= 0.6 is 0 Å². The van der Waals surface area contributed by atoms with Crippen LogP contribution in [0, 0.1) is 23.7 Å². The van der Waals surface area contributed by atoms with Crippen LogP contribution in [0.5, 0.6) is 0 Å². The lowest BCUT2D eigenvalue weighted by atomic mass is 9.99. The van der Waals surface area contributed by atoms with E-state index >= 15 is 0 Å². The molecule has 0 spiro atoms. The first-order valence-electron chi connectivity index (χ1n) is 10.3. The second kappa shape index (κ2) is 7.87. The standard InChI is InChI=1S/C11H21N.C10H21N/c1-7(2)11-10-5-9(10)6-12(11)8(3)4;1-8(2)10-6-5-7-11(10)9(3)4/h7-11H,5-6H2,1-4H3;8-10H,5-7H2,1-4H3/t9-,10-,11+;10-/m00/s1. The molecule has 0 amide bonds. The molecule has 2 nitrogen and oxygen atoms in total. The van der Waals surface area contributed by atoms with Gasteiger partial charge >= 0.3 is 0 Å². The highest BCUT2D eigenvalue weighted by atomic mass is 15.2. The first kappa shape index (κ1) is 19.2. The molecule has 0 unspecified atom stereocenters. The molecule has 1 aliphatic carbocycles. The lowest BCUT2D eigenvalue weighted by Gasteiger charge is -2.33. The van der Waals surface area contributed by atoms with E-state index in [4.69, 9.17) is 0 Å². The zero-order valence-electron chi connectivity index (χ0n) is 17.0. The van der Waals surface area contributed by atoms with Gasteiger partial charge in [0, 0.05) is 30.7 Å². The average Bonchev–Trinajstić information content (AvgIpc) is 2.92. The summed E-state index contributed by atoms with van der Waals surface area (Å²) in [5, 5.41) is 0. The zero-order chi connectivity index (χ0) is 17.3. The van der Waals surface area contributed by atoms with E-state index in [9.17, 15) is 0 Å². The number of piperidine rings is 1. The van der Waals surface area contributed by atoms with Crippen molar-refractivity contribution in [2.75, 3.05) is 13.1 Å². The molecule has 0 aromatic carbocycles. The van der Waals surface area contributed by atoms with Gasteiger partial charge in [-0.05, 0) is 77.2 Å². The largest absolute Gasteiger partial charge is 0.298 e. The van der Waals surface area contributed by atoms with Crippen molar-refractivity contribution < 1.29 is 0 Å². The number of rotatable bonds is 4. The van der Waals surface area contributed by atoms with Crippen LogP contribution < -0.4 is 0 Å². The van der Waals surface area contributed by atoms with Gasteiger partial charge in [0.2, 0.25) is 0 Å². The van der Waals surface area contributed by atoms with Crippen molar-refractivity contribution in [3.63, 3.8) is 0 Å². The Morgan fingerprint density at radius 1 is 0.783 bits per heavy atom. The SMILES string of the molecule is CC(C)[C@@H]1CCCN1C(C)C.CC(C)[C@@H]1[C@H]2C[C@H]2CN1C(C)C. The monoisotopic (exact) mass is 322 g/mol. The molecular weight excluding hydrogens is 280 g/mol. The average molecular weight is 323 g/mol. The number of fused-ring (bicyclic) bond motifs is 1. The number of likely N-dealkylation sites (tertiary alicyclic amines) is 2. The normalized spacial score (nSPS) is 34.4. The van der Waals surface area contributed by atoms with Gasteiger partial charge in [0.25, 0.3) is 0 Å². The highest BCUT2D eigenvalue weighted by molar-refractivity contribution is 5.05. The number of hydrogen-bond donors (Lipinski definition) is 0. The summed E-state index contributed by atoms with van der Waals surface area (Å²) in [6.45, 7) is 21.4. The summed E-state index contributed by atoms with van der Waals surface area (Å²) in [5.74, 6) is 3.82. The lowest BCUT2D eigenvalue weighted by molar-refractivity contribution is 0.138. The highest BCUT2D eigenvalue weighted by Crippen LogP contribution is 2.52. The molecule has 3 fully saturated rings. The zero-order valence-corrected chi connectivity index (χ0v) is 17.0. The summed E-state index contributed by atoms with van der Waals surface area (Å²) in [4.78, 5) is 5.36. The molecule has 2 saturated heterocycles. The van der Waals surface area contributed by atoms with E-state index in [2.05, 4.69) is 65.2 Å². The molecule has 4 atom stereocenters. The van der Waals surface area contributed by atoms with E-state index in [1.54, 1.807) is 0 Å². The molecule has 136 valence electrons. The molecule has 2 heterocycles. The van der Waals surface area contributed by atoms with E-state index < -0.39 is 0 Å². The molecule has 0 aromatic heterocycles. The van der Waals surface area contributed by atoms with Crippen molar-refractivity contribution in [3.8, 4) is 0 Å². The van der Waals surface area contributed by atoms with Gasteiger partial charge in [0.15, 0.2) is 0 Å². The van der Waals surface area contributed by atoms with Crippen LogP contribution in [0.3, 0.4) is 0 Å². The predicted octanol–water partition coefficient (Wildman–Crippen LogP) is 4.89. The topological polar surface area (TPSA) is 6.48 Å². The minimum Gasteiger partial charge on any atom is -0.298 e. The Kier molecular flexibility index (Phi) is 6.58. The van der Waals surface area contributed by atoms with Crippen LogP contribution in [0.1, 0.15) is 74.7 Å². The molecule has 0 N–H and O–H groups in total. The molecule has 3 aliphatic rings. The minimum atomic E-state index is 0.741. The second-order valence-electron chi connectivity index (χ2n) is 9.47. The first-order valence-corrected chi connectivity index (χ1v) is 10.3. The minimum absolute atomic E-state index is 0.741. The second-order valence-corrected chi connectivity index (χ2v) is 9.47. The van der Waals surface area contributed by atoms with Gasteiger partial charge < -0.3 is 0 Å². The van der Waals surface area contributed by atoms with Gasteiger partial charge in [0.1, 0.15) is 0 Å². The van der Waals surface area contributed by atoms with E-state index in [1.807, 2.05) is 0 Å². The Morgan fingerprint density at radius 3 is 1.78 bits per heavy atom.